The molecule has 0 aromatic rings. The number of nitrogens with one attached hydrogen (secondary N) is 1. The maximum atomic E-state index is 13.6. The number of hydrogen-bond donors (Lipinski definition) is 2. The van der Waals surface area contributed by atoms with Crippen LogP contribution in [0.5, 0.6) is 0 Å². The van der Waals surface area contributed by atoms with Gasteiger partial charge in [0.25, 0.3) is 0 Å². The third-order valence-corrected chi connectivity index (χ3v) is 2.38. The zero-order chi connectivity index (χ0) is 18.1. The zero-order valence-electron chi connectivity index (χ0n) is 10.8. The van der Waals surface area contributed by atoms with Gasteiger partial charge in [-0.15, -0.1) is 0 Å². The van der Waals surface area contributed by atoms with E-state index < -0.39 is 41.8 Å². The second kappa shape index (κ2) is 5.85. The molecule has 0 aromatic heterocycles. The van der Waals surface area contributed by atoms with Crippen LogP contribution < -0.4 is 5.32 Å². The molecule has 2 N–H and O–H groups in total. The number of aliphatic hydroxyl groups is 1. The van der Waals surface area contributed by atoms with Gasteiger partial charge in [0.05, 0.1) is 7.11 Å². The SMILES string of the molecule is COC(=O)C(O)(NC(C)=O)C(F)(F)C(F)(F)C(F)(F)C(F)F. The van der Waals surface area contributed by atoms with Crippen molar-refractivity contribution < 1.29 is 54.6 Å². The Kier molecular flexibility index (Phi) is 5.41. The Morgan fingerprint density at radius 3 is 1.73 bits per heavy atom. The summed E-state index contributed by atoms with van der Waals surface area (Å²) in [5, 5.41) is 9.84. The number of hydrogen-bond acceptors (Lipinski definition) is 4. The van der Waals surface area contributed by atoms with Gasteiger partial charge in [0.15, 0.2) is 0 Å². The fourth-order valence-electron chi connectivity index (χ4n) is 1.23. The normalized spacial score (nSPS) is 16.2. The third-order valence-electron chi connectivity index (χ3n) is 2.38. The Morgan fingerprint density at radius 2 is 1.45 bits per heavy atom. The minimum Gasteiger partial charge on any atom is -0.465 e. The van der Waals surface area contributed by atoms with Gasteiger partial charge in [-0.2, -0.15) is 26.3 Å². The maximum Gasteiger partial charge on any atom is 0.383 e. The van der Waals surface area contributed by atoms with Crippen LogP contribution in [0.4, 0.5) is 35.1 Å². The smallest absolute Gasteiger partial charge is 0.383 e. The average Bonchev–Trinajstić information content (AvgIpc) is 2.35. The minimum absolute atomic E-state index is 0.286. The van der Waals surface area contributed by atoms with Crippen LogP contribution in [0.1, 0.15) is 6.92 Å². The highest BCUT2D eigenvalue weighted by molar-refractivity contribution is 5.86. The van der Waals surface area contributed by atoms with Gasteiger partial charge in [-0.1, -0.05) is 0 Å². The van der Waals surface area contributed by atoms with Crippen LogP contribution in [0, 0.1) is 0 Å². The summed E-state index contributed by atoms with van der Waals surface area (Å²) >= 11 is 0. The molecule has 0 rings (SSSR count). The molecule has 0 heterocycles. The second-order valence-corrected chi connectivity index (χ2v) is 3.96. The molecule has 0 spiro atoms. The summed E-state index contributed by atoms with van der Waals surface area (Å²) in [5.74, 6) is -24.5. The largest absolute Gasteiger partial charge is 0.465 e. The predicted molar refractivity (Wildman–Crippen MR) is 51.6 cm³/mol. The first-order valence-electron chi connectivity index (χ1n) is 5.10. The highest BCUT2D eigenvalue weighted by Crippen LogP contribution is 2.52. The molecular formula is C9H9F8NO4. The van der Waals surface area contributed by atoms with Crippen molar-refractivity contribution >= 4 is 11.9 Å². The molecule has 0 aliphatic heterocycles. The zero-order valence-corrected chi connectivity index (χ0v) is 10.8. The lowest BCUT2D eigenvalue weighted by atomic mass is 9.94. The lowest BCUT2D eigenvalue weighted by molar-refractivity contribution is -0.373. The van der Waals surface area contributed by atoms with Crippen molar-refractivity contribution in [2.75, 3.05) is 7.11 Å². The molecule has 0 fully saturated rings. The van der Waals surface area contributed by atoms with E-state index in [4.69, 9.17) is 0 Å². The van der Waals surface area contributed by atoms with Crippen LogP contribution in [0.25, 0.3) is 0 Å². The molecule has 0 radical (unpaired) electrons. The van der Waals surface area contributed by atoms with E-state index in [1.165, 1.54) is 0 Å². The van der Waals surface area contributed by atoms with Crippen LogP contribution in [0.3, 0.4) is 0 Å². The first kappa shape index (κ1) is 20.3. The molecule has 13 heteroatoms. The number of halogens is 8. The van der Waals surface area contributed by atoms with E-state index in [1.807, 2.05) is 0 Å². The molecule has 0 saturated carbocycles. The Morgan fingerprint density at radius 1 is 1.05 bits per heavy atom. The molecule has 5 nitrogen and oxygen atoms in total. The minimum atomic E-state index is -6.92. The Hall–Kier alpha value is -1.66. The Bertz CT molecular complexity index is 455. The van der Waals surface area contributed by atoms with E-state index in [9.17, 15) is 49.8 Å². The number of ether oxygens (including phenoxy) is 1. The van der Waals surface area contributed by atoms with Crippen molar-refractivity contribution in [2.24, 2.45) is 0 Å². The second-order valence-electron chi connectivity index (χ2n) is 3.96. The molecule has 0 bridgehead atoms. The van der Waals surface area contributed by atoms with E-state index in [1.54, 1.807) is 0 Å². The van der Waals surface area contributed by atoms with Gasteiger partial charge in [-0.3, -0.25) is 4.79 Å². The standard InChI is InChI=1S/C9H9F8NO4/c1-3(19)18-7(21,5(20)22-2)9(16,17)8(14,15)6(12,13)4(10)11/h4,21H,1-2H3,(H,18,19). The number of amides is 1. The van der Waals surface area contributed by atoms with E-state index in [0.717, 1.165) is 0 Å². The van der Waals surface area contributed by atoms with E-state index in [-0.39, 0.29) is 7.11 Å². The molecule has 0 saturated heterocycles. The van der Waals surface area contributed by atoms with Gasteiger partial charge < -0.3 is 15.2 Å². The summed E-state index contributed by atoms with van der Waals surface area (Å²) in [5.41, 5.74) is -5.00. The van der Waals surface area contributed by atoms with E-state index in [2.05, 4.69) is 4.74 Å². The first-order chi connectivity index (χ1) is 9.59. The van der Waals surface area contributed by atoms with Gasteiger partial charge in [0, 0.05) is 6.92 Å². The van der Waals surface area contributed by atoms with Crippen LogP contribution in [-0.4, -0.2) is 54.0 Å². The quantitative estimate of drug-likeness (QED) is 0.430. The topological polar surface area (TPSA) is 75.6 Å². The van der Waals surface area contributed by atoms with Crippen LogP contribution in [0.15, 0.2) is 0 Å². The first-order valence-corrected chi connectivity index (χ1v) is 5.10. The number of methoxy groups -OCH3 is 1. The van der Waals surface area contributed by atoms with Crippen molar-refractivity contribution in [1.29, 1.82) is 0 Å². The summed E-state index contributed by atoms with van der Waals surface area (Å²) in [7, 11) is 0.286. The van der Waals surface area contributed by atoms with Gasteiger partial charge in [0.1, 0.15) is 0 Å². The maximum absolute atomic E-state index is 13.6. The molecule has 0 aliphatic rings. The van der Waals surface area contributed by atoms with Crippen LogP contribution in [-0.2, 0) is 14.3 Å². The highest BCUT2D eigenvalue weighted by atomic mass is 19.4. The third kappa shape index (κ3) is 2.80. The fourth-order valence-corrected chi connectivity index (χ4v) is 1.23. The highest BCUT2D eigenvalue weighted by Gasteiger charge is 2.83. The van der Waals surface area contributed by atoms with E-state index >= 15 is 0 Å². The van der Waals surface area contributed by atoms with Crippen LogP contribution >= 0.6 is 0 Å². The van der Waals surface area contributed by atoms with Gasteiger partial charge in [0.2, 0.25) is 5.91 Å². The lowest BCUT2D eigenvalue weighted by Crippen LogP contribution is -2.75. The van der Waals surface area contributed by atoms with E-state index in [0.29, 0.717) is 12.2 Å². The van der Waals surface area contributed by atoms with Gasteiger partial charge in [-0.25, -0.2) is 13.6 Å². The molecular weight excluding hydrogens is 338 g/mol. The number of esters is 1. The molecule has 1 atom stereocenters. The Balaban J connectivity index is 6.22. The monoisotopic (exact) mass is 347 g/mol. The molecule has 22 heavy (non-hydrogen) atoms. The summed E-state index contributed by atoms with van der Waals surface area (Å²) in [6, 6.07) is 0. The molecule has 0 aliphatic carbocycles. The van der Waals surface area contributed by atoms with Gasteiger partial charge in [-0.05, 0) is 0 Å². The summed E-state index contributed by atoms with van der Waals surface area (Å²) in [4.78, 5) is 21.7. The number of carbonyl (C=O) groups excluding carboxylic acids is 2. The molecule has 1 amide bonds. The van der Waals surface area contributed by atoms with Crippen molar-refractivity contribution in [1.82, 2.24) is 5.32 Å². The van der Waals surface area contributed by atoms with Crippen molar-refractivity contribution in [3.05, 3.63) is 0 Å². The summed E-state index contributed by atoms with van der Waals surface area (Å²) in [6.45, 7) is 0.355. The summed E-state index contributed by atoms with van der Waals surface area (Å²) in [6.07, 6.45) is -5.26. The average molecular weight is 347 g/mol. The number of carbonyl (C=O) groups is 2. The fraction of sp³-hybridized carbons (Fsp3) is 0.778. The summed E-state index contributed by atoms with van der Waals surface area (Å²) < 4.78 is 106. The Labute approximate surface area is 117 Å². The lowest BCUT2D eigenvalue weighted by Gasteiger charge is -2.39. The predicted octanol–water partition coefficient (Wildman–Crippen LogP) is 1.16. The van der Waals surface area contributed by atoms with Crippen molar-refractivity contribution in [3.63, 3.8) is 0 Å². The molecule has 1 unspecified atom stereocenters. The number of rotatable bonds is 6. The van der Waals surface area contributed by atoms with Gasteiger partial charge >= 0.3 is 35.9 Å². The number of alkyl halides is 8. The van der Waals surface area contributed by atoms with Crippen LogP contribution in [0.2, 0.25) is 0 Å². The molecule has 130 valence electrons. The van der Waals surface area contributed by atoms with Crippen molar-refractivity contribution in [3.8, 4) is 0 Å². The van der Waals surface area contributed by atoms with Crippen molar-refractivity contribution in [2.45, 2.75) is 36.8 Å². The molecule has 0 aromatic carbocycles.